The van der Waals surface area contributed by atoms with Crippen LogP contribution in [-0.2, 0) is 16.6 Å². The lowest BCUT2D eigenvalue weighted by Crippen LogP contribution is -2.26. The molecule has 0 spiro atoms. The molecule has 6 nitrogen and oxygen atoms in total. The molecule has 0 aliphatic rings. The van der Waals surface area contributed by atoms with E-state index in [9.17, 15) is 8.42 Å². The van der Waals surface area contributed by atoms with Gasteiger partial charge in [0.15, 0.2) is 0 Å². The number of rotatable bonds is 5. The van der Waals surface area contributed by atoms with Crippen molar-refractivity contribution < 1.29 is 12.9 Å². The van der Waals surface area contributed by atoms with E-state index in [0.717, 1.165) is 4.31 Å². The monoisotopic (exact) mass is 397 g/mol. The summed E-state index contributed by atoms with van der Waals surface area (Å²) < 4.78 is 31.4. The van der Waals surface area contributed by atoms with Gasteiger partial charge >= 0.3 is 0 Å². The van der Waals surface area contributed by atoms with E-state index < -0.39 is 10.0 Å². The van der Waals surface area contributed by atoms with Gasteiger partial charge in [0.2, 0.25) is 21.7 Å². The lowest BCUT2D eigenvalue weighted by atomic mass is 10.2. The van der Waals surface area contributed by atoms with Crippen LogP contribution in [-0.4, -0.2) is 29.9 Å². The second-order valence-electron chi connectivity index (χ2n) is 5.24. The maximum Gasteiger partial charge on any atom is 0.243 e. The van der Waals surface area contributed by atoms with E-state index in [0.29, 0.717) is 21.4 Å². The number of hydrogen-bond acceptors (Lipinski definition) is 5. The van der Waals surface area contributed by atoms with Crippen LogP contribution in [0.2, 0.25) is 10.0 Å². The summed E-state index contributed by atoms with van der Waals surface area (Å²) in [5.74, 6) is 0.518. The minimum atomic E-state index is -3.69. The number of benzene rings is 2. The van der Waals surface area contributed by atoms with Gasteiger partial charge in [-0.3, -0.25) is 0 Å². The SMILES string of the molecule is CN(Cc1nc(-c2cccc(Cl)c2)no1)S(=O)(=O)c1ccc(Cl)cc1. The summed E-state index contributed by atoms with van der Waals surface area (Å²) in [4.78, 5) is 4.35. The second-order valence-corrected chi connectivity index (χ2v) is 8.15. The normalized spacial score (nSPS) is 11.8. The molecule has 3 rings (SSSR count). The average Bonchev–Trinajstić information content (AvgIpc) is 3.04. The number of aromatic nitrogens is 2. The topological polar surface area (TPSA) is 76.3 Å². The van der Waals surface area contributed by atoms with Crippen LogP contribution in [0.15, 0.2) is 57.9 Å². The molecular formula is C16H13Cl2N3O3S. The summed E-state index contributed by atoms with van der Waals surface area (Å²) in [6.07, 6.45) is 0. The van der Waals surface area contributed by atoms with Crippen molar-refractivity contribution in [3.63, 3.8) is 0 Å². The summed E-state index contributed by atoms with van der Waals surface area (Å²) in [6, 6.07) is 12.9. The van der Waals surface area contributed by atoms with Crippen molar-refractivity contribution >= 4 is 33.2 Å². The molecule has 25 heavy (non-hydrogen) atoms. The van der Waals surface area contributed by atoms with Crippen LogP contribution in [0.5, 0.6) is 0 Å². The molecule has 0 aliphatic heterocycles. The van der Waals surface area contributed by atoms with Crippen molar-refractivity contribution in [3.8, 4) is 11.4 Å². The molecule has 1 aromatic heterocycles. The first-order valence-corrected chi connectivity index (χ1v) is 9.36. The molecule has 3 aromatic rings. The Morgan fingerprint density at radius 2 is 1.80 bits per heavy atom. The largest absolute Gasteiger partial charge is 0.338 e. The van der Waals surface area contributed by atoms with Gasteiger partial charge in [-0.15, -0.1) is 0 Å². The van der Waals surface area contributed by atoms with Crippen LogP contribution in [0, 0.1) is 0 Å². The molecule has 0 bridgehead atoms. The zero-order valence-corrected chi connectivity index (χ0v) is 15.4. The molecule has 0 saturated carbocycles. The third-order valence-corrected chi connectivity index (χ3v) is 5.74. The van der Waals surface area contributed by atoms with Gasteiger partial charge in [-0.05, 0) is 36.4 Å². The predicted octanol–water partition coefficient (Wildman–Crippen LogP) is 3.86. The predicted molar refractivity (Wildman–Crippen MR) is 94.8 cm³/mol. The van der Waals surface area contributed by atoms with E-state index >= 15 is 0 Å². The maximum atomic E-state index is 12.5. The van der Waals surface area contributed by atoms with E-state index in [1.807, 2.05) is 0 Å². The molecule has 2 aromatic carbocycles. The van der Waals surface area contributed by atoms with Gasteiger partial charge in [0, 0.05) is 22.7 Å². The van der Waals surface area contributed by atoms with Crippen LogP contribution in [0.3, 0.4) is 0 Å². The Morgan fingerprint density at radius 3 is 2.48 bits per heavy atom. The Bertz CT molecular complexity index is 988. The maximum absolute atomic E-state index is 12.5. The van der Waals surface area contributed by atoms with Crippen LogP contribution >= 0.6 is 23.2 Å². The average molecular weight is 398 g/mol. The quantitative estimate of drug-likeness (QED) is 0.652. The zero-order valence-electron chi connectivity index (χ0n) is 13.1. The van der Waals surface area contributed by atoms with Crippen molar-refractivity contribution in [1.29, 1.82) is 0 Å². The molecule has 0 aliphatic carbocycles. The molecule has 130 valence electrons. The highest BCUT2D eigenvalue weighted by molar-refractivity contribution is 7.89. The molecule has 0 N–H and O–H groups in total. The second kappa shape index (κ2) is 7.13. The minimum Gasteiger partial charge on any atom is -0.338 e. The van der Waals surface area contributed by atoms with Gasteiger partial charge in [-0.2, -0.15) is 9.29 Å². The van der Waals surface area contributed by atoms with Gasteiger partial charge in [0.05, 0.1) is 11.4 Å². The molecule has 0 atom stereocenters. The van der Waals surface area contributed by atoms with Crippen molar-refractivity contribution in [1.82, 2.24) is 14.4 Å². The van der Waals surface area contributed by atoms with Gasteiger partial charge in [0.25, 0.3) is 0 Å². The molecule has 0 amide bonds. The highest BCUT2D eigenvalue weighted by atomic mass is 35.5. The molecule has 9 heteroatoms. The van der Waals surface area contributed by atoms with Gasteiger partial charge in [-0.1, -0.05) is 40.5 Å². The van der Waals surface area contributed by atoms with E-state index in [1.165, 1.54) is 31.3 Å². The van der Waals surface area contributed by atoms with Crippen LogP contribution in [0.25, 0.3) is 11.4 Å². The first-order valence-electron chi connectivity index (χ1n) is 7.17. The lowest BCUT2D eigenvalue weighted by Gasteiger charge is -2.14. The number of nitrogens with zero attached hydrogens (tertiary/aromatic N) is 3. The third kappa shape index (κ3) is 4.01. The third-order valence-electron chi connectivity index (χ3n) is 3.43. The number of hydrogen-bond donors (Lipinski definition) is 0. The summed E-state index contributed by atoms with van der Waals surface area (Å²) in [6.45, 7) is -0.0570. The van der Waals surface area contributed by atoms with E-state index in [-0.39, 0.29) is 17.3 Å². The molecule has 0 fully saturated rings. The summed E-state index contributed by atoms with van der Waals surface area (Å²) in [5, 5.41) is 4.87. The van der Waals surface area contributed by atoms with Crippen molar-refractivity contribution in [3.05, 3.63) is 64.5 Å². The fourth-order valence-electron chi connectivity index (χ4n) is 2.13. The van der Waals surface area contributed by atoms with Crippen molar-refractivity contribution in [2.24, 2.45) is 0 Å². The Hall–Kier alpha value is -1.93. The molecular weight excluding hydrogens is 385 g/mol. The Morgan fingerprint density at radius 1 is 1.08 bits per heavy atom. The lowest BCUT2D eigenvalue weighted by molar-refractivity contribution is 0.337. The standard InChI is InChI=1S/C16H13Cl2N3O3S/c1-21(25(22,23)14-7-5-12(17)6-8-14)10-15-19-16(20-24-15)11-3-2-4-13(18)9-11/h2-9H,10H2,1H3. The van der Waals surface area contributed by atoms with Crippen molar-refractivity contribution in [2.75, 3.05) is 7.05 Å². The van der Waals surface area contributed by atoms with Gasteiger partial charge < -0.3 is 4.52 Å². The smallest absolute Gasteiger partial charge is 0.243 e. The molecule has 0 saturated heterocycles. The van der Waals surface area contributed by atoms with Gasteiger partial charge in [0.1, 0.15) is 0 Å². The highest BCUT2D eigenvalue weighted by Crippen LogP contribution is 2.22. The number of halogens is 2. The van der Waals surface area contributed by atoms with Gasteiger partial charge in [-0.25, -0.2) is 8.42 Å². The first-order chi connectivity index (χ1) is 11.9. The van der Waals surface area contributed by atoms with Crippen LogP contribution in [0.4, 0.5) is 0 Å². The van der Waals surface area contributed by atoms with E-state index in [2.05, 4.69) is 10.1 Å². The summed E-state index contributed by atoms with van der Waals surface area (Å²) >= 11 is 11.7. The van der Waals surface area contributed by atoms with E-state index in [4.69, 9.17) is 27.7 Å². The summed E-state index contributed by atoms with van der Waals surface area (Å²) in [7, 11) is -2.25. The molecule has 0 unspecified atom stereocenters. The molecule has 0 radical (unpaired) electrons. The molecule has 1 heterocycles. The number of sulfonamides is 1. The fraction of sp³-hybridized carbons (Fsp3) is 0.125. The van der Waals surface area contributed by atoms with Crippen LogP contribution < -0.4 is 0 Å². The first kappa shape index (κ1) is 17.9. The van der Waals surface area contributed by atoms with Crippen molar-refractivity contribution in [2.45, 2.75) is 11.4 Å². The fourth-order valence-corrected chi connectivity index (χ4v) is 3.56. The highest BCUT2D eigenvalue weighted by Gasteiger charge is 2.23. The van der Waals surface area contributed by atoms with Crippen LogP contribution in [0.1, 0.15) is 5.89 Å². The Balaban J connectivity index is 1.79. The zero-order chi connectivity index (χ0) is 18.0. The minimum absolute atomic E-state index is 0.0570. The van der Waals surface area contributed by atoms with E-state index in [1.54, 1.807) is 24.3 Å². The Kier molecular flexibility index (Phi) is 5.10. The summed E-state index contributed by atoms with van der Waals surface area (Å²) in [5.41, 5.74) is 0.686. The Labute approximate surface area is 155 Å².